The lowest BCUT2D eigenvalue weighted by Crippen LogP contribution is -2.31. The van der Waals surface area contributed by atoms with Crippen LogP contribution in [0.3, 0.4) is 0 Å². The second kappa shape index (κ2) is 7.36. The molecule has 0 amide bonds. The maximum atomic E-state index is 6.05. The van der Waals surface area contributed by atoms with Gasteiger partial charge in [0.2, 0.25) is 0 Å². The highest BCUT2D eigenvalue weighted by Gasteiger charge is 2.17. The van der Waals surface area contributed by atoms with Crippen molar-refractivity contribution in [2.75, 3.05) is 50.7 Å². The molecule has 0 unspecified atom stereocenters. The molecule has 106 valence electrons. The molecule has 0 aromatic heterocycles. The molecule has 1 heterocycles. The maximum absolute atomic E-state index is 6.05. The molecule has 0 saturated heterocycles. The number of nitrogens with two attached hydrogens (primary N) is 1. The van der Waals surface area contributed by atoms with Crippen LogP contribution in [0.5, 0.6) is 0 Å². The van der Waals surface area contributed by atoms with E-state index in [2.05, 4.69) is 11.0 Å². The Morgan fingerprint density at radius 3 is 3.00 bits per heavy atom. The van der Waals surface area contributed by atoms with Gasteiger partial charge >= 0.3 is 0 Å². The number of nitrogen functional groups attached to an aromatic ring is 1. The lowest BCUT2D eigenvalue weighted by atomic mass is 10.00. The second-order valence-electron chi connectivity index (χ2n) is 4.89. The zero-order chi connectivity index (χ0) is 13.5. The Labute approximate surface area is 115 Å². The third-order valence-corrected chi connectivity index (χ3v) is 3.53. The number of nitrogens with zero attached hydrogens (tertiary/aromatic N) is 1. The summed E-state index contributed by atoms with van der Waals surface area (Å²) < 4.78 is 10.4. The summed E-state index contributed by atoms with van der Waals surface area (Å²) in [5.41, 5.74) is 9.60. The van der Waals surface area contributed by atoms with Crippen molar-refractivity contribution < 1.29 is 9.47 Å². The SMILES string of the molecule is COCCOCCCN1CCCc2c(N)cccc21. The quantitative estimate of drug-likeness (QED) is 0.605. The summed E-state index contributed by atoms with van der Waals surface area (Å²) >= 11 is 0. The Bertz CT molecular complexity index is 396. The van der Waals surface area contributed by atoms with Gasteiger partial charge in [0.15, 0.2) is 0 Å². The topological polar surface area (TPSA) is 47.7 Å². The van der Waals surface area contributed by atoms with Crippen molar-refractivity contribution in [3.05, 3.63) is 23.8 Å². The summed E-state index contributed by atoms with van der Waals surface area (Å²) in [6, 6.07) is 6.22. The van der Waals surface area contributed by atoms with Gasteiger partial charge in [-0.25, -0.2) is 0 Å². The van der Waals surface area contributed by atoms with Crippen LogP contribution in [0.25, 0.3) is 0 Å². The van der Waals surface area contributed by atoms with E-state index in [1.54, 1.807) is 7.11 Å². The van der Waals surface area contributed by atoms with E-state index < -0.39 is 0 Å². The number of methoxy groups -OCH3 is 1. The van der Waals surface area contributed by atoms with Crippen LogP contribution in [0.4, 0.5) is 11.4 Å². The highest BCUT2D eigenvalue weighted by molar-refractivity contribution is 5.66. The summed E-state index contributed by atoms with van der Waals surface area (Å²) in [5.74, 6) is 0. The predicted molar refractivity (Wildman–Crippen MR) is 78.7 cm³/mol. The van der Waals surface area contributed by atoms with Crippen molar-refractivity contribution in [1.29, 1.82) is 0 Å². The van der Waals surface area contributed by atoms with Crippen molar-refractivity contribution >= 4 is 11.4 Å². The van der Waals surface area contributed by atoms with Gasteiger partial charge in [-0.05, 0) is 37.0 Å². The molecule has 0 atom stereocenters. The van der Waals surface area contributed by atoms with Crippen molar-refractivity contribution in [2.24, 2.45) is 0 Å². The van der Waals surface area contributed by atoms with Crippen LogP contribution in [-0.4, -0.2) is 40.0 Å². The minimum atomic E-state index is 0.670. The van der Waals surface area contributed by atoms with Gasteiger partial charge in [-0.1, -0.05) is 6.07 Å². The van der Waals surface area contributed by atoms with Crippen LogP contribution < -0.4 is 10.6 Å². The Kier molecular flexibility index (Phi) is 5.48. The molecule has 1 aromatic rings. The normalized spacial score (nSPS) is 14.5. The Hall–Kier alpha value is -1.26. The maximum Gasteiger partial charge on any atom is 0.0700 e. The van der Waals surface area contributed by atoms with Gasteiger partial charge in [0.25, 0.3) is 0 Å². The molecule has 1 aliphatic rings. The summed E-state index contributed by atoms with van der Waals surface area (Å²) in [7, 11) is 1.69. The molecule has 1 aliphatic heterocycles. The molecule has 0 fully saturated rings. The molecule has 2 N–H and O–H groups in total. The molecular formula is C15H24N2O2. The van der Waals surface area contributed by atoms with Gasteiger partial charge < -0.3 is 20.1 Å². The summed E-state index contributed by atoms with van der Waals surface area (Å²) in [6.45, 7) is 4.29. The van der Waals surface area contributed by atoms with E-state index in [9.17, 15) is 0 Å². The predicted octanol–water partition coefficient (Wildman–Crippen LogP) is 2.07. The molecular weight excluding hydrogens is 240 g/mol. The van der Waals surface area contributed by atoms with Gasteiger partial charge in [-0.3, -0.25) is 0 Å². The molecule has 0 aliphatic carbocycles. The standard InChI is InChI=1S/C15H24N2O2/c1-18-11-12-19-10-4-9-17-8-3-5-13-14(16)6-2-7-15(13)17/h2,6-7H,3-5,8-12,16H2,1H3. The lowest BCUT2D eigenvalue weighted by Gasteiger charge is -2.32. The number of hydrogen-bond donors (Lipinski definition) is 1. The van der Waals surface area contributed by atoms with E-state index in [0.29, 0.717) is 13.2 Å². The Morgan fingerprint density at radius 2 is 2.16 bits per heavy atom. The smallest absolute Gasteiger partial charge is 0.0700 e. The summed E-state index contributed by atoms with van der Waals surface area (Å²) in [4.78, 5) is 2.43. The van der Waals surface area contributed by atoms with Gasteiger partial charge in [0.05, 0.1) is 13.2 Å². The minimum Gasteiger partial charge on any atom is -0.398 e. The van der Waals surface area contributed by atoms with Crippen LogP contribution in [-0.2, 0) is 15.9 Å². The van der Waals surface area contributed by atoms with Gasteiger partial charge in [-0.15, -0.1) is 0 Å². The average molecular weight is 264 g/mol. The zero-order valence-corrected chi connectivity index (χ0v) is 11.7. The van der Waals surface area contributed by atoms with Crippen LogP contribution in [0.15, 0.2) is 18.2 Å². The van der Waals surface area contributed by atoms with Crippen molar-refractivity contribution in [3.8, 4) is 0 Å². The molecule has 0 spiro atoms. The van der Waals surface area contributed by atoms with Crippen LogP contribution >= 0.6 is 0 Å². The molecule has 4 heteroatoms. The van der Waals surface area contributed by atoms with E-state index in [0.717, 1.165) is 38.2 Å². The van der Waals surface area contributed by atoms with Crippen molar-refractivity contribution in [3.63, 3.8) is 0 Å². The van der Waals surface area contributed by atoms with Crippen molar-refractivity contribution in [1.82, 2.24) is 0 Å². The fraction of sp³-hybridized carbons (Fsp3) is 0.600. The van der Waals surface area contributed by atoms with Gasteiger partial charge in [0, 0.05) is 38.2 Å². The third-order valence-electron chi connectivity index (χ3n) is 3.53. The first kappa shape index (κ1) is 14.2. The van der Waals surface area contributed by atoms with E-state index in [4.69, 9.17) is 15.2 Å². The monoisotopic (exact) mass is 264 g/mol. The molecule has 4 nitrogen and oxygen atoms in total. The zero-order valence-electron chi connectivity index (χ0n) is 11.7. The number of rotatable bonds is 7. The fourth-order valence-electron chi connectivity index (χ4n) is 2.56. The number of fused-ring (bicyclic) bond motifs is 1. The molecule has 19 heavy (non-hydrogen) atoms. The first-order chi connectivity index (χ1) is 9.33. The van der Waals surface area contributed by atoms with E-state index in [-0.39, 0.29) is 0 Å². The molecule has 0 bridgehead atoms. The minimum absolute atomic E-state index is 0.670. The van der Waals surface area contributed by atoms with Crippen LogP contribution in [0.1, 0.15) is 18.4 Å². The van der Waals surface area contributed by atoms with Crippen LogP contribution in [0.2, 0.25) is 0 Å². The largest absolute Gasteiger partial charge is 0.398 e. The van der Waals surface area contributed by atoms with Gasteiger partial charge in [0.1, 0.15) is 0 Å². The fourth-order valence-corrected chi connectivity index (χ4v) is 2.56. The van der Waals surface area contributed by atoms with E-state index in [1.807, 2.05) is 12.1 Å². The molecule has 2 rings (SSSR count). The average Bonchev–Trinajstić information content (AvgIpc) is 2.43. The van der Waals surface area contributed by atoms with E-state index >= 15 is 0 Å². The highest BCUT2D eigenvalue weighted by atomic mass is 16.5. The van der Waals surface area contributed by atoms with Gasteiger partial charge in [-0.2, -0.15) is 0 Å². The Morgan fingerprint density at radius 1 is 1.26 bits per heavy atom. The summed E-state index contributed by atoms with van der Waals surface area (Å²) in [6.07, 6.45) is 3.33. The third kappa shape index (κ3) is 3.85. The second-order valence-corrected chi connectivity index (χ2v) is 4.89. The van der Waals surface area contributed by atoms with Crippen molar-refractivity contribution in [2.45, 2.75) is 19.3 Å². The van der Waals surface area contributed by atoms with E-state index in [1.165, 1.54) is 17.7 Å². The van der Waals surface area contributed by atoms with Crippen LogP contribution in [0, 0.1) is 0 Å². The lowest BCUT2D eigenvalue weighted by molar-refractivity contribution is 0.0700. The highest BCUT2D eigenvalue weighted by Crippen LogP contribution is 2.31. The first-order valence-corrected chi connectivity index (χ1v) is 7.02. The molecule has 1 aromatic carbocycles. The Balaban J connectivity index is 1.81. The first-order valence-electron chi connectivity index (χ1n) is 7.02. The number of hydrogen-bond acceptors (Lipinski definition) is 4. The molecule has 0 saturated carbocycles. The number of anilines is 2. The number of ether oxygens (including phenoxy) is 2. The molecule has 0 radical (unpaired) electrons. The number of benzene rings is 1. The summed E-state index contributed by atoms with van der Waals surface area (Å²) in [5, 5.41) is 0.